The summed E-state index contributed by atoms with van der Waals surface area (Å²) in [7, 11) is 0. The lowest BCUT2D eigenvalue weighted by molar-refractivity contribution is -0.144. The van der Waals surface area contributed by atoms with E-state index in [9.17, 15) is 38.7 Å². The lowest BCUT2D eigenvalue weighted by Crippen LogP contribution is -2.59. The van der Waals surface area contributed by atoms with Gasteiger partial charge >= 0.3 is 23.9 Å². The molecule has 0 radical (unpaired) electrons. The molecular formula is C19H30N4O12. The summed E-state index contributed by atoms with van der Waals surface area (Å²) in [6.45, 7) is 1.09. The first-order valence-electron chi connectivity index (χ1n) is 10.4. The Morgan fingerprint density at radius 2 is 1.09 bits per heavy atom. The average molecular weight is 506 g/mol. The molecule has 198 valence electrons. The number of carbonyl (C=O) groups excluding carboxylic acids is 3. The lowest BCUT2D eigenvalue weighted by atomic mass is 10.1. The maximum absolute atomic E-state index is 12.7. The van der Waals surface area contributed by atoms with Crippen molar-refractivity contribution in [1.29, 1.82) is 0 Å². The zero-order chi connectivity index (χ0) is 27.3. The monoisotopic (exact) mass is 506 g/mol. The Kier molecular flexibility index (Phi) is 13.5. The van der Waals surface area contributed by atoms with Gasteiger partial charge in [-0.05, 0) is 26.2 Å². The van der Waals surface area contributed by atoms with Crippen LogP contribution in [0.15, 0.2) is 0 Å². The van der Waals surface area contributed by atoms with Crippen LogP contribution in [0.2, 0.25) is 0 Å². The quantitative estimate of drug-likeness (QED) is 0.0942. The van der Waals surface area contributed by atoms with E-state index in [1.54, 1.807) is 0 Å². The zero-order valence-corrected chi connectivity index (χ0v) is 18.8. The van der Waals surface area contributed by atoms with Crippen molar-refractivity contribution < 1.29 is 59.1 Å². The first-order chi connectivity index (χ1) is 16.1. The van der Waals surface area contributed by atoms with Crippen LogP contribution in [-0.2, 0) is 33.6 Å². The third kappa shape index (κ3) is 12.9. The number of amides is 3. The number of aliphatic hydroxyl groups is 1. The smallest absolute Gasteiger partial charge is 0.326 e. The van der Waals surface area contributed by atoms with Crippen molar-refractivity contribution in [2.75, 3.05) is 0 Å². The number of aliphatic hydroxyl groups excluding tert-OH is 1. The first-order valence-corrected chi connectivity index (χ1v) is 10.4. The van der Waals surface area contributed by atoms with Crippen LogP contribution in [0, 0.1) is 0 Å². The summed E-state index contributed by atoms with van der Waals surface area (Å²) in [4.78, 5) is 80.9. The van der Waals surface area contributed by atoms with Gasteiger partial charge in [0.1, 0.15) is 18.1 Å². The van der Waals surface area contributed by atoms with Crippen LogP contribution < -0.4 is 21.7 Å². The Labute approximate surface area is 198 Å². The van der Waals surface area contributed by atoms with Gasteiger partial charge in [-0.2, -0.15) is 0 Å². The molecule has 0 aromatic heterocycles. The van der Waals surface area contributed by atoms with E-state index in [2.05, 4.69) is 10.6 Å². The van der Waals surface area contributed by atoms with E-state index in [1.165, 1.54) is 0 Å². The van der Waals surface area contributed by atoms with Gasteiger partial charge in [0.05, 0.1) is 12.1 Å². The maximum atomic E-state index is 12.7. The van der Waals surface area contributed by atoms with Gasteiger partial charge in [0.2, 0.25) is 17.7 Å². The molecule has 0 aliphatic rings. The SMILES string of the molecule is CC(O)C(NC(=O)C(CCC(=O)O)NC(=O)C(N)CCC(=O)O)C(=O)NC(CCC(=O)O)C(=O)O. The topological polar surface area (TPSA) is 283 Å². The van der Waals surface area contributed by atoms with E-state index in [1.807, 2.05) is 5.32 Å². The van der Waals surface area contributed by atoms with Gasteiger partial charge in [0.15, 0.2) is 0 Å². The summed E-state index contributed by atoms with van der Waals surface area (Å²) in [6, 6.07) is -6.29. The standard InChI is InChI=1S/C19H30N4O12/c1-8(24)15(18(33)22-11(19(34)35)4-7-14(29)30)23-17(32)10(3-6-13(27)28)21-16(31)9(20)2-5-12(25)26/h8-11,15,24H,2-7,20H2,1H3,(H,21,31)(H,22,33)(H,23,32)(H,25,26)(H,27,28)(H,29,30)(H,34,35). The number of rotatable bonds is 17. The molecule has 3 amide bonds. The van der Waals surface area contributed by atoms with E-state index < -0.39 is 104 Å². The predicted molar refractivity (Wildman–Crippen MR) is 114 cm³/mol. The van der Waals surface area contributed by atoms with Gasteiger partial charge in [-0.3, -0.25) is 28.8 Å². The fraction of sp³-hybridized carbons (Fsp3) is 0.632. The molecule has 0 rings (SSSR count). The fourth-order valence-corrected chi connectivity index (χ4v) is 2.67. The van der Waals surface area contributed by atoms with E-state index >= 15 is 0 Å². The van der Waals surface area contributed by atoms with Gasteiger partial charge in [0.25, 0.3) is 0 Å². The average Bonchev–Trinajstić information content (AvgIpc) is 2.74. The van der Waals surface area contributed by atoms with Gasteiger partial charge in [-0.15, -0.1) is 0 Å². The second-order valence-corrected chi connectivity index (χ2v) is 7.59. The molecule has 0 aliphatic carbocycles. The number of aliphatic carboxylic acids is 4. The minimum Gasteiger partial charge on any atom is -0.481 e. The van der Waals surface area contributed by atoms with E-state index in [0.29, 0.717) is 0 Å². The number of carboxylic acids is 4. The van der Waals surface area contributed by atoms with Crippen LogP contribution in [0.25, 0.3) is 0 Å². The second kappa shape index (κ2) is 15.2. The molecule has 0 saturated carbocycles. The molecule has 0 aromatic rings. The van der Waals surface area contributed by atoms with Crippen molar-refractivity contribution in [2.24, 2.45) is 5.73 Å². The van der Waals surface area contributed by atoms with Crippen molar-refractivity contribution in [2.45, 2.75) is 75.7 Å². The van der Waals surface area contributed by atoms with Crippen LogP contribution in [0.1, 0.15) is 45.4 Å². The van der Waals surface area contributed by atoms with Crippen molar-refractivity contribution in [1.82, 2.24) is 16.0 Å². The minimum atomic E-state index is -1.75. The van der Waals surface area contributed by atoms with Crippen molar-refractivity contribution >= 4 is 41.6 Å². The van der Waals surface area contributed by atoms with E-state index in [-0.39, 0.29) is 6.42 Å². The third-order valence-electron chi connectivity index (χ3n) is 4.61. The number of nitrogens with one attached hydrogen (secondary N) is 3. The predicted octanol–water partition coefficient (Wildman–Crippen LogP) is -3.17. The molecule has 35 heavy (non-hydrogen) atoms. The molecule has 0 saturated heterocycles. The van der Waals surface area contributed by atoms with Gasteiger partial charge < -0.3 is 47.2 Å². The Morgan fingerprint density at radius 3 is 1.51 bits per heavy atom. The van der Waals surface area contributed by atoms with E-state index in [4.69, 9.17) is 26.2 Å². The van der Waals surface area contributed by atoms with Crippen molar-refractivity contribution in [3.05, 3.63) is 0 Å². The molecule has 5 unspecified atom stereocenters. The van der Waals surface area contributed by atoms with Crippen LogP contribution in [0.5, 0.6) is 0 Å². The molecule has 0 aliphatic heterocycles. The molecule has 0 fully saturated rings. The van der Waals surface area contributed by atoms with Gasteiger partial charge in [-0.25, -0.2) is 4.79 Å². The number of carbonyl (C=O) groups is 7. The highest BCUT2D eigenvalue weighted by Gasteiger charge is 2.33. The second-order valence-electron chi connectivity index (χ2n) is 7.59. The molecule has 16 nitrogen and oxygen atoms in total. The lowest BCUT2D eigenvalue weighted by Gasteiger charge is -2.26. The minimum absolute atomic E-state index is 0.278. The summed E-state index contributed by atoms with van der Waals surface area (Å²) < 4.78 is 0. The molecule has 0 heterocycles. The Bertz CT molecular complexity index is 816. The summed E-state index contributed by atoms with van der Waals surface area (Å²) in [5.41, 5.74) is 5.58. The Balaban J connectivity index is 5.47. The third-order valence-corrected chi connectivity index (χ3v) is 4.61. The maximum Gasteiger partial charge on any atom is 0.326 e. The Morgan fingerprint density at radius 1 is 0.657 bits per heavy atom. The molecule has 16 heteroatoms. The fourth-order valence-electron chi connectivity index (χ4n) is 2.67. The van der Waals surface area contributed by atoms with Crippen LogP contribution in [0.3, 0.4) is 0 Å². The van der Waals surface area contributed by atoms with Crippen LogP contribution in [0.4, 0.5) is 0 Å². The zero-order valence-electron chi connectivity index (χ0n) is 18.8. The highest BCUT2D eigenvalue weighted by molar-refractivity contribution is 5.94. The summed E-state index contributed by atoms with van der Waals surface area (Å²) >= 11 is 0. The summed E-state index contributed by atoms with van der Waals surface area (Å²) in [5, 5.41) is 51.6. The molecule has 0 bridgehead atoms. The molecule has 0 aromatic carbocycles. The summed E-state index contributed by atoms with van der Waals surface area (Å²) in [6.07, 6.45) is -4.43. The largest absolute Gasteiger partial charge is 0.481 e. The highest BCUT2D eigenvalue weighted by Crippen LogP contribution is 2.05. The molecule has 0 spiro atoms. The molecular weight excluding hydrogens is 476 g/mol. The summed E-state index contributed by atoms with van der Waals surface area (Å²) in [5.74, 6) is -8.66. The highest BCUT2D eigenvalue weighted by atomic mass is 16.4. The first kappa shape index (κ1) is 31.2. The molecule has 5 atom stereocenters. The van der Waals surface area contributed by atoms with E-state index in [0.717, 1.165) is 6.92 Å². The number of carboxylic acid groups (broad SMARTS) is 4. The number of nitrogens with two attached hydrogens (primary N) is 1. The molecule has 10 N–H and O–H groups in total. The normalized spacial score (nSPS) is 14.9. The van der Waals surface area contributed by atoms with Crippen LogP contribution >= 0.6 is 0 Å². The van der Waals surface area contributed by atoms with Gasteiger partial charge in [-0.1, -0.05) is 0 Å². The Hall–Kier alpha value is -3.79. The number of hydrogen-bond acceptors (Lipinski definition) is 9. The van der Waals surface area contributed by atoms with Crippen molar-refractivity contribution in [3.8, 4) is 0 Å². The van der Waals surface area contributed by atoms with Crippen molar-refractivity contribution in [3.63, 3.8) is 0 Å². The van der Waals surface area contributed by atoms with Crippen LogP contribution in [-0.4, -0.2) is 97.4 Å². The van der Waals surface area contributed by atoms with Gasteiger partial charge in [0, 0.05) is 19.3 Å². The number of hydrogen-bond donors (Lipinski definition) is 9.